The zero-order valence-electron chi connectivity index (χ0n) is 17.4. The summed E-state index contributed by atoms with van der Waals surface area (Å²) in [6.45, 7) is 2.88. The van der Waals surface area contributed by atoms with Gasteiger partial charge in [0.05, 0.1) is 6.54 Å². The van der Waals surface area contributed by atoms with Gasteiger partial charge in [-0.3, -0.25) is 24.8 Å². The van der Waals surface area contributed by atoms with Gasteiger partial charge in [0.1, 0.15) is 18.5 Å². The van der Waals surface area contributed by atoms with Crippen LogP contribution in [0.4, 0.5) is 4.79 Å². The number of rotatable bonds is 4. The number of halogens is 1. The number of carbonyl (C=O) groups excluding carboxylic acids is 2. The van der Waals surface area contributed by atoms with Gasteiger partial charge in [-0.2, -0.15) is 0 Å². The molecule has 3 saturated heterocycles. The molecule has 8 heteroatoms. The molecule has 0 aliphatic carbocycles. The van der Waals surface area contributed by atoms with E-state index in [1.54, 1.807) is 11.9 Å². The molecule has 162 valence electrons. The number of imide groups is 1. The van der Waals surface area contributed by atoms with Crippen LogP contribution in [0, 0.1) is 0 Å². The lowest BCUT2D eigenvalue weighted by atomic mass is 10.1. The molecule has 3 fully saturated rings. The van der Waals surface area contributed by atoms with E-state index < -0.39 is 0 Å². The molecule has 3 amide bonds. The minimum Gasteiger partial charge on any atom is -0.310 e. The fraction of sp³-hybridized carbons (Fsp3) is 0.391. The third-order valence-electron chi connectivity index (χ3n) is 6.45. The second-order valence-electron chi connectivity index (χ2n) is 8.42. The van der Waals surface area contributed by atoms with Gasteiger partial charge in [-0.15, -0.1) is 0 Å². The van der Waals surface area contributed by atoms with E-state index in [-0.39, 0.29) is 37.0 Å². The van der Waals surface area contributed by atoms with E-state index in [0.717, 1.165) is 36.1 Å². The first-order valence-electron chi connectivity index (χ1n) is 10.7. The first-order chi connectivity index (χ1) is 15.0. The van der Waals surface area contributed by atoms with Crippen molar-refractivity contribution in [2.45, 2.75) is 38.0 Å². The maximum Gasteiger partial charge on any atom is 0.328 e. The van der Waals surface area contributed by atoms with Crippen molar-refractivity contribution in [1.82, 2.24) is 24.9 Å². The molecule has 3 aliphatic heterocycles. The summed E-state index contributed by atoms with van der Waals surface area (Å²) in [5, 5.41) is 3.57. The lowest BCUT2D eigenvalue weighted by molar-refractivity contribution is -0.140. The molecule has 0 saturated carbocycles. The zero-order chi connectivity index (χ0) is 21.5. The molecule has 0 radical (unpaired) electrons. The standard InChI is InChI=1S/C23H26BrN5O2/c1-26-20-19(21(30)29(23(26)31)15-17-8-10-18(24)11-9-17)28-13-5-12-27(22(28)25-20)14-16-6-3-2-4-7-16/h2-4,6-11,19-20,22,25H,5,12-15H2,1H3. The number of likely N-dealkylation sites (N-methyl/N-ethyl adjacent to an activating group) is 1. The minimum absolute atomic E-state index is 0.0595. The average molecular weight is 484 g/mol. The third-order valence-corrected chi connectivity index (χ3v) is 6.98. The summed E-state index contributed by atoms with van der Waals surface area (Å²) < 4.78 is 0.972. The summed E-state index contributed by atoms with van der Waals surface area (Å²) in [4.78, 5) is 34.3. The molecule has 0 bridgehead atoms. The summed E-state index contributed by atoms with van der Waals surface area (Å²) in [5.41, 5.74) is 2.18. The van der Waals surface area contributed by atoms with Crippen LogP contribution in [0.1, 0.15) is 17.5 Å². The second kappa shape index (κ2) is 8.35. The minimum atomic E-state index is -0.373. The Morgan fingerprint density at radius 3 is 2.42 bits per heavy atom. The lowest BCUT2D eigenvalue weighted by Gasteiger charge is -2.43. The predicted molar refractivity (Wildman–Crippen MR) is 121 cm³/mol. The highest BCUT2D eigenvalue weighted by molar-refractivity contribution is 9.10. The summed E-state index contributed by atoms with van der Waals surface area (Å²) >= 11 is 3.43. The van der Waals surface area contributed by atoms with Crippen LogP contribution in [-0.4, -0.2) is 70.2 Å². The molecular weight excluding hydrogens is 458 g/mol. The maximum atomic E-state index is 13.5. The van der Waals surface area contributed by atoms with Crippen LogP contribution in [0.15, 0.2) is 59.1 Å². The van der Waals surface area contributed by atoms with Crippen molar-refractivity contribution in [1.29, 1.82) is 0 Å². The molecule has 0 aromatic heterocycles. The van der Waals surface area contributed by atoms with Crippen LogP contribution in [0.2, 0.25) is 0 Å². The normalized spacial score (nSPS) is 26.8. The van der Waals surface area contributed by atoms with E-state index >= 15 is 0 Å². The molecular formula is C23H26BrN5O2. The molecule has 5 rings (SSSR count). The largest absolute Gasteiger partial charge is 0.328 e. The van der Waals surface area contributed by atoms with Crippen LogP contribution < -0.4 is 5.32 Å². The van der Waals surface area contributed by atoms with Crippen LogP contribution in [0.25, 0.3) is 0 Å². The third kappa shape index (κ3) is 3.78. The SMILES string of the molecule is CN1C(=O)N(Cc2ccc(Br)cc2)C(=O)C2C1NC1N(Cc3ccccc3)CCCN21. The Balaban J connectivity index is 1.38. The number of fused-ring (bicyclic) bond motifs is 3. The molecule has 3 aliphatic rings. The van der Waals surface area contributed by atoms with Crippen LogP contribution in [-0.2, 0) is 17.9 Å². The Bertz CT molecular complexity index is 970. The quantitative estimate of drug-likeness (QED) is 0.724. The van der Waals surface area contributed by atoms with Gasteiger partial charge in [0.15, 0.2) is 0 Å². The highest BCUT2D eigenvalue weighted by Crippen LogP contribution is 2.32. The number of nitrogens with one attached hydrogen (secondary N) is 1. The van der Waals surface area contributed by atoms with E-state index in [9.17, 15) is 9.59 Å². The maximum absolute atomic E-state index is 13.5. The molecule has 0 spiro atoms. The van der Waals surface area contributed by atoms with Crippen molar-refractivity contribution in [3.05, 3.63) is 70.2 Å². The summed E-state index contributed by atoms with van der Waals surface area (Å²) in [6.07, 6.45) is 0.615. The lowest BCUT2D eigenvalue weighted by Crippen LogP contribution is -2.66. The van der Waals surface area contributed by atoms with Crippen molar-refractivity contribution in [3.8, 4) is 0 Å². The Morgan fingerprint density at radius 2 is 1.68 bits per heavy atom. The molecule has 7 nitrogen and oxygen atoms in total. The summed E-state index contributed by atoms with van der Waals surface area (Å²) in [5.74, 6) is -0.118. The van der Waals surface area contributed by atoms with Gasteiger partial charge in [-0.1, -0.05) is 58.4 Å². The van der Waals surface area contributed by atoms with Crippen molar-refractivity contribution in [3.63, 3.8) is 0 Å². The van der Waals surface area contributed by atoms with E-state index in [4.69, 9.17) is 0 Å². The first kappa shape index (κ1) is 20.6. The summed E-state index contributed by atoms with van der Waals surface area (Å²) in [7, 11) is 1.79. The number of hydrogen-bond acceptors (Lipinski definition) is 5. The Labute approximate surface area is 190 Å². The van der Waals surface area contributed by atoms with Gasteiger partial charge < -0.3 is 4.90 Å². The van der Waals surface area contributed by atoms with Crippen molar-refractivity contribution < 1.29 is 9.59 Å². The van der Waals surface area contributed by atoms with E-state index in [1.165, 1.54) is 10.5 Å². The van der Waals surface area contributed by atoms with E-state index in [0.29, 0.717) is 0 Å². The number of benzene rings is 2. The van der Waals surface area contributed by atoms with Crippen LogP contribution >= 0.6 is 15.9 Å². The van der Waals surface area contributed by atoms with Gasteiger partial charge >= 0.3 is 6.03 Å². The fourth-order valence-electron chi connectivity index (χ4n) is 4.89. The molecule has 1 N–H and O–H groups in total. The monoisotopic (exact) mass is 483 g/mol. The molecule has 3 atom stereocenters. The topological polar surface area (TPSA) is 59.1 Å². The number of urea groups is 1. The van der Waals surface area contributed by atoms with E-state index in [2.05, 4.69) is 55.3 Å². The van der Waals surface area contributed by atoms with E-state index in [1.807, 2.05) is 30.3 Å². The van der Waals surface area contributed by atoms with Crippen molar-refractivity contribution >= 4 is 27.9 Å². The first-order valence-corrected chi connectivity index (χ1v) is 11.4. The van der Waals surface area contributed by atoms with Gasteiger partial charge in [0.2, 0.25) is 0 Å². The second-order valence-corrected chi connectivity index (χ2v) is 9.34. The highest BCUT2D eigenvalue weighted by atomic mass is 79.9. The number of carbonyl (C=O) groups is 2. The molecule has 3 unspecified atom stereocenters. The Hall–Kier alpha value is -2.26. The average Bonchev–Trinajstić information content (AvgIpc) is 3.18. The van der Waals surface area contributed by atoms with Crippen LogP contribution in [0.3, 0.4) is 0 Å². The smallest absolute Gasteiger partial charge is 0.310 e. The number of nitrogens with zero attached hydrogens (tertiary/aromatic N) is 4. The summed E-state index contributed by atoms with van der Waals surface area (Å²) in [6, 6.07) is 17.5. The number of hydrogen-bond donors (Lipinski definition) is 1. The molecule has 2 aromatic rings. The van der Waals surface area contributed by atoms with Gasteiger partial charge in [0.25, 0.3) is 5.91 Å². The molecule has 31 heavy (non-hydrogen) atoms. The highest BCUT2D eigenvalue weighted by Gasteiger charge is 2.55. The molecule has 3 heterocycles. The van der Waals surface area contributed by atoms with Gasteiger partial charge in [-0.05, 0) is 29.7 Å². The Morgan fingerprint density at radius 1 is 0.968 bits per heavy atom. The van der Waals surface area contributed by atoms with Gasteiger partial charge in [0, 0.05) is 31.2 Å². The predicted octanol–water partition coefficient (Wildman–Crippen LogP) is 2.63. The Kier molecular flexibility index (Phi) is 5.56. The fourth-order valence-corrected chi connectivity index (χ4v) is 5.16. The number of amides is 3. The van der Waals surface area contributed by atoms with Gasteiger partial charge in [-0.25, -0.2) is 4.79 Å². The van der Waals surface area contributed by atoms with Crippen molar-refractivity contribution in [2.75, 3.05) is 20.1 Å². The van der Waals surface area contributed by atoms with Crippen molar-refractivity contribution in [2.24, 2.45) is 0 Å². The van der Waals surface area contributed by atoms with Crippen LogP contribution in [0.5, 0.6) is 0 Å². The zero-order valence-corrected chi connectivity index (χ0v) is 19.0. The molecule has 2 aromatic carbocycles.